The largest absolute Gasteiger partial charge is 0.323 e. The zero-order valence-electron chi connectivity index (χ0n) is 6.48. The lowest BCUT2D eigenvalue weighted by molar-refractivity contribution is -0.113. The Morgan fingerprint density at radius 1 is 1.62 bits per heavy atom. The first kappa shape index (κ1) is 10.5. The summed E-state index contributed by atoms with van der Waals surface area (Å²) in [4.78, 5) is 10.9. The Bertz CT molecular complexity index is 332. The zero-order valence-corrected chi connectivity index (χ0v) is 8.82. The molecule has 0 atom stereocenters. The number of hydrogen-bond acceptors (Lipinski definition) is 1. The number of amides is 1. The van der Waals surface area contributed by atoms with Crippen molar-refractivity contribution in [2.24, 2.45) is 0 Å². The van der Waals surface area contributed by atoms with E-state index in [1.54, 1.807) is 0 Å². The second-order valence-corrected chi connectivity index (χ2v) is 3.30. The van der Waals surface area contributed by atoms with Crippen LogP contribution >= 0.6 is 27.5 Å². The molecule has 0 aliphatic heterocycles. The molecule has 0 saturated carbocycles. The van der Waals surface area contributed by atoms with Crippen LogP contribution in [0.1, 0.15) is 0 Å². The standard InChI is InChI=1S/C8H6BrClFNO/c9-4-8(13)12-7-2-1-5(10)3-6(7)11/h1-3H,4H2,(H,12,13). The number of nitrogens with one attached hydrogen (secondary N) is 1. The Morgan fingerprint density at radius 2 is 2.31 bits per heavy atom. The molecular weight excluding hydrogens is 260 g/mol. The van der Waals surface area contributed by atoms with Gasteiger partial charge in [0.1, 0.15) is 5.82 Å². The number of benzene rings is 1. The summed E-state index contributed by atoms with van der Waals surface area (Å²) in [6, 6.07) is 4.07. The fourth-order valence-electron chi connectivity index (χ4n) is 0.774. The number of rotatable bonds is 2. The molecule has 0 radical (unpaired) electrons. The van der Waals surface area contributed by atoms with Crippen molar-refractivity contribution in [3.8, 4) is 0 Å². The summed E-state index contributed by atoms with van der Waals surface area (Å²) in [6.45, 7) is 0. The molecule has 5 heteroatoms. The molecule has 0 aliphatic carbocycles. The van der Waals surface area contributed by atoms with Crippen LogP contribution in [-0.4, -0.2) is 11.2 Å². The summed E-state index contributed by atoms with van der Waals surface area (Å²) in [5, 5.41) is 2.80. The second kappa shape index (κ2) is 4.58. The molecule has 2 nitrogen and oxygen atoms in total. The van der Waals surface area contributed by atoms with Crippen LogP contribution in [0.25, 0.3) is 0 Å². The normalized spacial score (nSPS) is 9.77. The summed E-state index contributed by atoms with van der Waals surface area (Å²) in [5.41, 5.74) is 0.133. The molecule has 0 aliphatic rings. The van der Waals surface area contributed by atoms with E-state index in [0.717, 1.165) is 6.07 Å². The van der Waals surface area contributed by atoms with E-state index in [4.69, 9.17) is 11.6 Å². The molecule has 0 saturated heterocycles. The third-order valence-corrected chi connectivity index (χ3v) is 2.07. The molecule has 0 bridgehead atoms. The minimum atomic E-state index is -0.540. The molecule has 13 heavy (non-hydrogen) atoms. The Hall–Kier alpha value is -0.610. The lowest BCUT2D eigenvalue weighted by Gasteiger charge is -2.03. The predicted molar refractivity (Wildman–Crippen MR) is 53.8 cm³/mol. The lowest BCUT2D eigenvalue weighted by atomic mass is 10.3. The van der Waals surface area contributed by atoms with E-state index in [-0.39, 0.29) is 16.9 Å². The molecule has 0 unspecified atom stereocenters. The average Bonchev–Trinajstić information content (AvgIpc) is 2.09. The Morgan fingerprint density at radius 3 is 2.85 bits per heavy atom. The quantitative estimate of drug-likeness (QED) is 0.820. The summed E-state index contributed by atoms with van der Waals surface area (Å²) in [6.07, 6.45) is 0. The highest BCUT2D eigenvalue weighted by molar-refractivity contribution is 9.09. The molecular formula is C8H6BrClFNO. The van der Waals surface area contributed by atoms with Crippen LogP contribution < -0.4 is 5.32 Å². The first-order valence-corrected chi connectivity index (χ1v) is 4.94. The number of anilines is 1. The maximum absolute atomic E-state index is 13.0. The van der Waals surface area contributed by atoms with Crippen molar-refractivity contribution < 1.29 is 9.18 Å². The van der Waals surface area contributed by atoms with Crippen LogP contribution in [0.15, 0.2) is 18.2 Å². The van der Waals surface area contributed by atoms with Gasteiger partial charge in [-0.3, -0.25) is 4.79 Å². The number of halogens is 3. The topological polar surface area (TPSA) is 29.1 Å². The maximum Gasteiger partial charge on any atom is 0.235 e. The van der Waals surface area contributed by atoms with Gasteiger partial charge >= 0.3 is 0 Å². The molecule has 1 N–H and O–H groups in total. The lowest BCUT2D eigenvalue weighted by Crippen LogP contribution is -2.13. The maximum atomic E-state index is 13.0. The third-order valence-electron chi connectivity index (χ3n) is 1.33. The van der Waals surface area contributed by atoms with Crippen molar-refractivity contribution in [1.29, 1.82) is 0 Å². The predicted octanol–water partition coefficient (Wildman–Crippen LogP) is 2.81. The number of hydrogen-bond donors (Lipinski definition) is 1. The minimum Gasteiger partial charge on any atom is -0.323 e. The van der Waals surface area contributed by atoms with E-state index < -0.39 is 5.82 Å². The summed E-state index contributed by atoms with van der Waals surface area (Å²) in [5.74, 6) is -0.844. The summed E-state index contributed by atoms with van der Waals surface area (Å²) in [7, 11) is 0. The van der Waals surface area contributed by atoms with Gasteiger partial charge in [-0.1, -0.05) is 27.5 Å². The molecule has 0 aromatic heterocycles. The van der Waals surface area contributed by atoms with Crippen LogP contribution in [0.2, 0.25) is 5.02 Å². The first-order valence-electron chi connectivity index (χ1n) is 3.44. The fraction of sp³-hybridized carbons (Fsp3) is 0.125. The van der Waals surface area contributed by atoms with Gasteiger partial charge in [0, 0.05) is 5.02 Å². The van der Waals surface area contributed by atoms with E-state index >= 15 is 0 Å². The SMILES string of the molecule is O=C(CBr)Nc1ccc(Cl)cc1F. The summed E-state index contributed by atoms with van der Waals surface area (Å²) >= 11 is 8.48. The highest BCUT2D eigenvalue weighted by Crippen LogP contribution is 2.18. The van der Waals surface area contributed by atoms with Gasteiger partial charge in [-0.05, 0) is 18.2 Å². The van der Waals surface area contributed by atoms with Crippen LogP contribution in [-0.2, 0) is 4.79 Å². The van der Waals surface area contributed by atoms with Crippen molar-refractivity contribution in [1.82, 2.24) is 0 Å². The van der Waals surface area contributed by atoms with Crippen molar-refractivity contribution in [3.63, 3.8) is 0 Å². The van der Waals surface area contributed by atoms with Gasteiger partial charge in [0.2, 0.25) is 5.91 Å². The molecule has 1 aromatic rings. The van der Waals surface area contributed by atoms with Crippen LogP contribution in [0, 0.1) is 5.82 Å². The van der Waals surface area contributed by atoms with Gasteiger partial charge in [0.25, 0.3) is 0 Å². The monoisotopic (exact) mass is 265 g/mol. The number of carbonyl (C=O) groups is 1. The third kappa shape index (κ3) is 2.97. The zero-order chi connectivity index (χ0) is 9.84. The van der Waals surface area contributed by atoms with Crippen LogP contribution in [0.5, 0.6) is 0 Å². The van der Waals surface area contributed by atoms with Crippen LogP contribution in [0.4, 0.5) is 10.1 Å². The molecule has 1 amide bonds. The van der Waals surface area contributed by atoms with Gasteiger partial charge in [0.05, 0.1) is 11.0 Å². The van der Waals surface area contributed by atoms with Crippen molar-refractivity contribution in [3.05, 3.63) is 29.0 Å². The van der Waals surface area contributed by atoms with Crippen molar-refractivity contribution >= 4 is 39.1 Å². The molecule has 0 fully saturated rings. The van der Waals surface area contributed by atoms with Gasteiger partial charge in [-0.2, -0.15) is 0 Å². The smallest absolute Gasteiger partial charge is 0.235 e. The molecule has 0 heterocycles. The molecule has 1 rings (SSSR count). The highest BCUT2D eigenvalue weighted by atomic mass is 79.9. The van der Waals surface area contributed by atoms with Gasteiger partial charge < -0.3 is 5.32 Å². The van der Waals surface area contributed by atoms with Gasteiger partial charge in [0.15, 0.2) is 0 Å². The van der Waals surface area contributed by atoms with Gasteiger partial charge in [-0.15, -0.1) is 0 Å². The second-order valence-electron chi connectivity index (χ2n) is 2.31. The number of alkyl halides is 1. The Labute approximate surface area is 88.2 Å². The van der Waals surface area contributed by atoms with Crippen molar-refractivity contribution in [2.45, 2.75) is 0 Å². The summed E-state index contributed by atoms with van der Waals surface area (Å²) < 4.78 is 13.0. The molecule has 0 spiro atoms. The minimum absolute atomic E-state index is 0.133. The first-order chi connectivity index (χ1) is 6.13. The molecule has 70 valence electrons. The van der Waals surface area contributed by atoms with Crippen LogP contribution in [0.3, 0.4) is 0 Å². The van der Waals surface area contributed by atoms with E-state index in [1.165, 1.54) is 12.1 Å². The Balaban J connectivity index is 2.83. The van der Waals surface area contributed by atoms with Gasteiger partial charge in [-0.25, -0.2) is 4.39 Å². The highest BCUT2D eigenvalue weighted by Gasteiger charge is 2.05. The van der Waals surface area contributed by atoms with E-state index in [9.17, 15) is 9.18 Å². The van der Waals surface area contributed by atoms with E-state index in [1.807, 2.05) is 0 Å². The van der Waals surface area contributed by atoms with Crippen molar-refractivity contribution in [2.75, 3.05) is 10.6 Å². The Kier molecular flexibility index (Phi) is 3.69. The molecule has 1 aromatic carbocycles. The van der Waals surface area contributed by atoms with E-state index in [0.29, 0.717) is 5.02 Å². The van der Waals surface area contributed by atoms with E-state index in [2.05, 4.69) is 21.2 Å². The average molecular weight is 266 g/mol. The number of carbonyl (C=O) groups excluding carboxylic acids is 1. The fourth-order valence-corrected chi connectivity index (χ4v) is 1.07.